The number of aromatic amines is 2. The Hall–Kier alpha value is -1.60. The van der Waals surface area contributed by atoms with E-state index in [0.29, 0.717) is 11.2 Å². The van der Waals surface area contributed by atoms with Gasteiger partial charge in [-0.2, -0.15) is 0 Å². The van der Waals surface area contributed by atoms with E-state index in [1.165, 1.54) is 12.3 Å². The van der Waals surface area contributed by atoms with Crippen LogP contribution in [0.2, 0.25) is 0 Å². The molecule has 0 unspecified atom stereocenters. The zero-order valence-corrected chi connectivity index (χ0v) is 6.48. The Balaban J connectivity index is 2.82. The molecule has 0 aliphatic rings. The maximum atomic E-state index is 10.8. The van der Waals surface area contributed by atoms with E-state index < -0.39 is 12.8 Å². The van der Waals surface area contributed by atoms with Gasteiger partial charge in [0.25, 0.3) is 0 Å². The highest BCUT2D eigenvalue weighted by Gasteiger charge is 2.16. The number of fused-ring (bicyclic) bond motifs is 1. The third-order valence-corrected chi connectivity index (χ3v) is 1.73. The van der Waals surface area contributed by atoms with Crippen LogP contribution < -0.4 is 11.2 Å². The van der Waals surface area contributed by atoms with Gasteiger partial charge in [0.2, 0.25) is 0 Å². The predicted molar refractivity (Wildman–Crippen MR) is 46.5 cm³/mol. The molecule has 0 saturated heterocycles. The van der Waals surface area contributed by atoms with E-state index in [4.69, 9.17) is 10.0 Å². The van der Waals surface area contributed by atoms with E-state index in [1.54, 1.807) is 0 Å². The molecule has 0 bridgehead atoms. The molecule has 2 rings (SSSR count). The Labute approximate surface area is 72.4 Å². The summed E-state index contributed by atoms with van der Waals surface area (Å²) < 4.78 is 0. The van der Waals surface area contributed by atoms with Crippen molar-refractivity contribution in [2.45, 2.75) is 0 Å². The summed E-state index contributed by atoms with van der Waals surface area (Å²) in [5.74, 6) is 0. The first kappa shape index (κ1) is 8.02. The highest BCUT2D eigenvalue weighted by Crippen LogP contribution is 1.98. The van der Waals surface area contributed by atoms with Crippen LogP contribution in [0.3, 0.4) is 0 Å². The van der Waals surface area contributed by atoms with Gasteiger partial charge in [-0.3, -0.25) is 4.98 Å². The monoisotopic (exact) mass is 179 g/mol. The van der Waals surface area contributed by atoms with Crippen molar-refractivity contribution in [2.24, 2.45) is 0 Å². The van der Waals surface area contributed by atoms with Crippen molar-refractivity contribution in [3.8, 4) is 0 Å². The van der Waals surface area contributed by atoms with Crippen LogP contribution in [0.15, 0.2) is 17.1 Å². The number of nitrogens with zero attached hydrogens (tertiary/aromatic N) is 1. The largest absolute Gasteiger partial charge is 0.490 e. The molecule has 7 heteroatoms. The number of rotatable bonds is 1. The molecule has 2 aromatic rings. The minimum atomic E-state index is -1.61. The van der Waals surface area contributed by atoms with Crippen LogP contribution in [-0.2, 0) is 0 Å². The van der Waals surface area contributed by atoms with Crippen molar-refractivity contribution in [2.75, 3.05) is 0 Å². The first-order valence-electron chi connectivity index (χ1n) is 3.61. The molecule has 0 atom stereocenters. The zero-order valence-electron chi connectivity index (χ0n) is 6.48. The Kier molecular flexibility index (Phi) is 1.68. The fourth-order valence-corrected chi connectivity index (χ4v) is 1.17. The Morgan fingerprint density at radius 1 is 1.38 bits per heavy atom. The fraction of sp³-hybridized carbons (Fsp3) is 0. The molecule has 0 fully saturated rings. The van der Waals surface area contributed by atoms with Crippen LogP contribution in [-0.4, -0.2) is 32.1 Å². The summed E-state index contributed by atoms with van der Waals surface area (Å²) >= 11 is 0. The summed E-state index contributed by atoms with van der Waals surface area (Å²) in [7, 11) is -1.61. The normalized spacial score (nSPS) is 10.6. The first-order valence-corrected chi connectivity index (χ1v) is 3.61. The highest BCUT2D eigenvalue weighted by molar-refractivity contribution is 6.61. The summed E-state index contributed by atoms with van der Waals surface area (Å²) in [5, 5.41) is 17.8. The van der Waals surface area contributed by atoms with Crippen molar-refractivity contribution in [3.05, 3.63) is 22.7 Å². The maximum absolute atomic E-state index is 10.8. The minimum absolute atomic E-state index is 0.225. The van der Waals surface area contributed by atoms with Gasteiger partial charge in [0.15, 0.2) is 5.65 Å². The van der Waals surface area contributed by atoms with E-state index >= 15 is 0 Å². The number of aromatic nitrogens is 3. The third kappa shape index (κ3) is 1.23. The number of hydrogen-bond acceptors (Lipinski definition) is 4. The van der Waals surface area contributed by atoms with Gasteiger partial charge in [-0.05, 0) is 6.07 Å². The highest BCUT2D eigenvalue weighted by atomic mass is 16.4. The molecular formula is C6H6BN3O3. The van der Waals surface area contributed by atoms with Crippen molar-refractivity contribution >= 4 is 23.7 Å². The molecule has 0 amide bonds. The second-order valence-electron chi connectivity index (χ2n) is 2.58. The molecule has 0 aromatic carbocycles. The van der Waals surface area contributed by atoms with Crippen LogP contribution in [0.4, 0.5) is 0 Å². The molecule has 6 nitrogen and oxygen atoms in total. The van der Waals surface area contributed by atoms with Crippen LogP contribution in [0.1, 0.15) is 0 Å². The van der Waals surface area contributed by atoms with Gasteiger partial charge in [-0.15, -0.1) is 0 Å². The average Bonchev–Trinajstić information content (AvgIpc) is 2.43. The average molecular weight is 179 g/mol. The van der Waals surface area contributed by atoms with Gasteiger partial charge in [-0.25, -0.2) is 9.78 Å². The lowest BCUT2D eigenvalue weighted by Crippen LogP contribution is -2.30. The second kappa shape index (κ2) is 2.72. The van der Waals surface area contributed by atoms with Gasteiger partial charge < -0.3 is 15.0 Å². The lowest BCUT2D eigenvalue weighted by atomic mass is 9.80. The van der Waals surface area contributed by atoms with Crippen LogP contribution >= 0.6 is 0 Å². The SMILES string of the molecule is O=c1[nH]c2nccc(B(O)O)c2[nH]1. The Morgan fingerprint density at radius 3 is 2.85 bits per heavy atom. The lowest BCUT2D eigenvalue weighted by Gasteiger charge is -1.98. The van der Waals surface area contributed by atoms with E-state index in [2.05, 4.69) is 15.0 Å². The van der Waals surface area contributed by atoms with E-state index in [1.807, 2.05) is 0 Å². The molecule has 2 aromatic heterocycles. The van der Waals surface area contributed by atoms with Crippen molar-refractivity contribution in [1.82, 2.24) is 15.0 Å². The number of imidazole rings is 1. The standard InChI is InChI=1S/C6H6BN3O3/c11-6-9-4-3(7(12)13)1-2-8-5(4)10-6/h1-2,12-13H,(H2,8,9,10,11). The van der Waals surface area contributed by atoms with E-state index in [0.717, 1.165) is 0 Å². The van der Waals surface area contributed by atoms with Crippen LogP contribution in [0.5, 0.6) is 0 Å². The Morgan fingerprint density at radius 2 is 2.15 bits per heavy atom. The molecule has 13 heavy (non-hydrogen) atoms. The summed E-state index contributed by atoms with van der Waals surface area (Å²) in [5.41, 5.74) is 0.442. The van der Waals surface area contributed by atoms with Crippen LogP contribution in [0, 0.1) is 0 Å². The summed E-state index contributed by atoms with van der Waals surface area (Å²) in [6.07, 6.45) is 1.39. The second-order valence-corrected chi connectivity index (χ2v) is 2.58. The zero-order chi connectivity index (χ0) is 9.42. The van der Waals surface area contributed by atoms with Crippen molar-refractivity contribution < 1.29 is 10.0 Å². The molecule has 66 valence electrons. The van der Waals surface area contributed by atoms with Crippen molar-refractivity contribution in [1.29, 1.82) is 0 Å². The van der Waals surface area contributed by atoms with Crippen molar-refractivity contribution in [3.63, 3.8) is 0 Å². The molecule has 0 saturated carbocycles. The quantitative estimate of drug-likeness (QED) is 0.377. The van der Waals surface area contributed by atoms with E-state index in [-0.39, 0.29) is 5.46 Å². The number of H-pyrrole nitrogens is 2. The van der Waals surface area contributed by atoms with Gasteiger partial charge >= 0.3 is 12.8 Å². The Bertz CT molecular complexity index is 489. The molecule has 0 radical (unpaired) electrons. The fourth-order valence-electron chi connectivity index (χ4n) is 1.17. The minimum Gasteiger partial charge on any atom is -0.423 e. The summed E-state index contributed by atoms with van der Waals surface area (Å²) in [6.45, 7) is 0. The molecular weight excluding hydrogens is 173 g/mol. The molecule has 0 aliphatic heterocycles. The third-order valence-electron chi connectivity index (χ3n) is 1.73. The summed E-state index contributed by atoms with van der Waals surface area (Å²) in [6, 6.07) is 1.43. The lowest BCUT2D eigenvalue weighted by molar-refractivity contribution is 0.426. The number of pyridine rings is 1. The molecule has 4 N–H and O–H groups in total. The smallest absolute Gasteiger partial charge is 0.423 e. The number of nitrogens with one attached hydrogen (secondary N) is 2. The maximum Gasteiger partial charge on any atom is 0.490 e. The first-order chi connectivity index (χ1) is 6.18. The summed E-state index contributed by atoms with van der Waals surface area (Å²) in [4.78, 5) is 19.5. The number of hydrogen-bond donors (Lipinski definition) is 4. The van der Waals surface area contributed by atoms with Crippen LogP contribution in [0.25, 0.3) is 11.2 Å². The van der Waals surface area contributed by atoms with Gasteiger partial charge in [-0.1, -0.05) is 0 Å². The van der Waals surface area contributed by atoms with Gasteiger partial charge in [0.05, 0.1) is 5.52 Å². The topological polar surface area (TPSA) is 102 Å². The van der Waals surface area contributed by atoms with Gasteiger partial charge in [0, 0.05) is 11.7 Å². The predicted octanol–water partition coefficient (Wildman–Crippen LogP) is -2.07. The van der Waals surface area contributed by atoms with Gasteiger partial charge in [0.1, 0.15) is 0 Å². The molecule has 0 spiro atoms. The molecule has 2 heterocycles. The van der Waals surface area contributed by atoms with E-state index in [9.17, 15) is 4.79 Å². The molecule has 0 aliphatic carbocycles.